The SMILES string of the molecule is CC(C)CC(CC(C)C)(c1ccccc1)[N+](C)(C)CCOCCOCCOc1ccccc1.[Cl-]. The van der Waals surface area contributed by atoms with Crippen molar-refractivity contribution >= 4 is 0 Å². The van der Waals surface area contributed by atoms with Gasteiger partial charge in [0.25, 0.3) is 0 Å². The maximum Gasteiger partial charge on any atom is 0.125 e. The Hall–Kier alpha value is -1.59. The molecule has 0 aliphatic heterocycles. The number of halogens is 1. The number of para-hydroxylation sites is 1. The smallest absolute Gasteiger partial charge is 0.125 e. The lowest BCUT2D eigenvalue weighted by Gasteiger charge is -2.51. The van der Waals surface area contributed by atoms with Gasteiger partial charge in [-0.25, -0.2) is 0 Å². The van der Waals surface area contributed by atoms with E-state index in [4.69, 9.17) is 14.2 Å². The van der Waals surface area contributed by atoms with E-state index < -0.39 is 0 Å². The summed E-state index contributed by atoms with van der Waals surface area (Å²) in [6, 6.07) is 20.9. The lowest BCUT2D eigenvalue weighted by Crippen LogP contribution is -3.00. The van der Waals surface area contributed by atoms with Gasteiger partial charge in [0.15, 0.2) is 0 Å². The fraction of sp³-hybridized carbons (Fsp3) is 0.586. The molecule has 5 heteroatoms. The van der Waals surface area contributed by atoms with Crippen molar-refractivity contribution in [1.82, 2.24) is 0 Å². The van der Waals surface area contributed by atoms with Crippen molar-refractivity contribution in [1.29, 1.82) is 0 Å². The predicted molar refractivity (Wildman–Crippen MR) is 138 cm³/mol. The summed E-state index contributed by atoms with van der Waals surface area (Å²) >= 11 is 0. The van der Waals surface area contributed by atoms with Crippen LogP contribution in [0.1, 0.15) is 46.1 Å². The normalized spacial score (nSPS) is 12.1. The highest BCUT2D eigenvalue weighted by Gasteiger charge is 2.47. The second kappa shape index (κ2) is 15.4. The van der Waals surface area contributed by atoms with Crippen molar-refractivity contribution in [3.8, 4) is 5.75 Å². The third-order valence-electron chi connectivity index (χ3n) is 6.37. The van der Waals surface area contributed by atoms with Gasteiger partial charge in [-0.05, 0) is 24.0 Å². The molecule has 0 saturated carbocycles. The number of benzene rings is 2. The molecule has 4 nitrogen and oxygen atoms in total. The van der Waals surface area contributed by atoms with E-state index in [1.807, 2.05) is 30.3 Å². The molecule has 0 atom stereocenters. The first-order valence-corrected chi connectivity index (χ1v) is 12.5. The van der Waals surface area contributed by atoms with E-state index in [0.717, 1.165) is 36.2 Å². The summed E-state index contributed by atoms with van der Waals surface area (Å²) < 4.78 is 18.2. The highest BCUT2D eigenvalue weighted by molar-refractivity contribution is 5.23. The zero-order valence-electron chi connectivity index (χ0n) is 22.1. The Bertz CT molecular complexity index is 755. The fourth-order valence-electron chi connectivity index (χ4n) is 4.83. The van der Waals surface area contributed by atoms with E-state index in [-0.39, 0.29) is 17.9 Å². The van der Waals surface area contributed by atoms with Gasteiger partial charge >= 0.3 is 0 Å². The van der Waals surface area contributed by atoms with Gasteiger partial charge < -0.3 is 31.1 Å². The molecule has 0 radical (unpaired) electrons. The topological polar surface area (TPSA) is 27.7 Å². The van der Waals surface area contributed by atoms with Gasteiger partial charge in [-0.1, -0.05) is 76.2 Å². The van der Waals surface area contributed by atoms with Crippen LogP contribution in [0.25, 0.3) is 0 Å². The third kappa shape index (κ3) is 9.58. The Balaban J connectivity index is 0.00000578. The van der Waals surface area contributed by atoms with Crippen LogP contribution in [0.15, 0.2) is 60.7 Å². The molecule has 0 N–H and O–H groups in total. The van der Waals surface area contributed by atoms with Crippen molar-refractivity contribution in [3.63, 3.8) is 0 Å². The van der Waals surface area contributed by atoms with Crippen LogP contribution in [0.4, 0.5) is 0 Å². The standard InChI is InChI=1S/C29H46NO3.ClH/c1-25(2)23-29(24-26(3)4,27-13-9-7-10-14-27)30(5,6)17-18-31-19-20-32-21-22-33-28-15-11-8-12-16-28;/h7-16,25-26H,17-24H2,1-6H3;1H/q+1;/p-1. The van der Waals surface area contributed by atoms with Crippen LogP contribution in [0.5, 0.6) is 5.75 Å². The van der Waals surface area contributed by atoms with Crippen LogP contribution in [-0.2, 0) is 15.0 Å². The Morgan fingerprint density at radius 1 is 0.676 bits per heavy atom. The molecule has 34 heavy (non-hydrogen) atoms. The number of hydrogen-bond acceptors (Lipinski definition) is 3. The monoisotopic (exact) mass is 491 g/mol. The highest BCUT2D eigenvalue weighted by atomic mass is 35.5. The molecule has 0 heterocycles. The summed E-state index contributed by atoms with van der Waals surface area (Å²) in [5.41, 5.74) is 1.51. The van der Waals surface area contributed by atoms with Crippen LogP contribution < -0.4 is 17.1 Å². The molecule has 0 aromatic heterocycles. The number of ether oxygens (including phenoxy) is 3. The number of likely N-dealkylation sites (N-methyl/N-ethyl adjacent to an activating group) is 1. The molecule has 2 rings (SSSR count). The Kier molecular flexibility index (Phi) is 13.8. The maximum atomic E-state index is 5.99. The summed E-state index contributed by atoms with van der Waals surface area (Å²) in [5.74, 6) is 2.12. The molecule has 0 aliphatic carbocycles. The van der Waals surface area contributed by atoms with Crippen molar-refractivity contribution in [2.45, 2.75) is 46.1 Å². The quantitative estimate of drug-likeness (QED) is 0.266. The number of rotatable bonds is 16. The Morgan fingerprint density at radius 3 is 1.68 bits per heavy atom. The van der Waals surface area contributed by atoms with Gasteiger partial charge in [-0.2, -0.15) is 0 Å². The summed E-state index contributed by atoms with van der Waals surface area (Å²) in [5, 5.41) is 0. The van der Waals surface area contributed by atoms with Gasteiger partial charge in [-0.15, -0.1) is 0 Å². The first-order chi connectivity index (χ1) is 15.8. The highest BCUT2D eigenvalue weighted by Crippen LogP contribution is 2.43. The van der Waals surface area contributed by atoms with E-state index in [9.17, 15) is 0 Å². The van der Waals surface area contributed by atoms with Crippen molar-refractivity contribution in [3.05, 3.63) is 66.2 Å². The molecule has 192 valence electrons. The summed E-state index contributed by atoms with van der Waals surface area (Å²) in [4.78, 5) is 0. The molecule has 0 unspecified atom stereocenters. The average molecular weight is 492 g/mol. The second-order valence-corrected chi connectivity index (χ2v) is 10.4. The van der Waals surface area contributed by atoms with E-state index in [2.05, 4.69) is 72.1 Å². The number of hydrogen-bond donors (Lipinski definition) is 0. The molecule has 0 saturated heterocycles. The van der Waals surface area contributed by atoms with Gasteiger partial charge in [-0.3, -0.25) is 0 Å². The van der Waals surface area contributed by atoms with E-state index in [1.165, 1.54) is 5.56 Å². The van der Waals surface area contributed by atoms with Gasteiger partial charge in [0.2, 0.25) is 0 Å². The first kappa shape index (κ1) is 30.4. The fourth-order valence-corrected chi connectivity index (χ4v) is 4.83. The lowest BCUT2D eigenvalue weighted by molar-refractivity contribution is -0.952. The van der Waals surface area contributed by atoms with Crippen LogP contribution in [0, 0.1) is 11.8 Å². The van der Waals surface area contributed by atoms with Crippen molar-refractivity contribution < 1.29 is 31.1 Å². The summed E-state index contributed by atoms with van der Waals surface area (Å²) in [6.07, 6.45) is 2.32. The van der Waals surface area contributed by atoms with E-state index in [1.54, 1.807) is 0 Å². The number of nitrogens with zero attached hydrogens (tertiary/aromatic N) is 1. The minimum absolute atomic E-state index is 0. The predicted octanol–water partition coefficient (Wildman–Crippen LogP) is 3.17. The van der Waals surface area contributed by atoms with Gasteiger partial charge in [0.1, 0.15) is 24.4 Å². The first-order valence-electron chi connectivity index (χ1n) is 12.5. The minimum Gasteiger partial charge on any atom is -1.00 e. The third-order valence-corrected chi connectivity index (χ3v) is 6.37. The Morgan fingerprint density at radius 2 is 1.15 bits per heavy atom. The van der Waals surface area contributed by atoms with Crippen molar-refractivity contribution in [2.75, 3.05) is 53.7 Å². The Labute approximate surface area is 214 Å². The molecule has 0 aliphatic rings. The lowest BCUT2D eigenvalue weighted by atomic mass is 9.74. The van der Waals surface area contributed by atoms with Crippen LogP contribution in [0.2, 0.25) is 0 Å². The average Bonchev–Trinajstić information content (AvgIpc) is 2.78. The molecule has 0 spiro atoms. The van der Waals surface area contributed by atoms with E-state index >= 15 is 0 Å². The molecule has 2 aromatic rings. The zero-order chi connectivity index (χ0) is 24.2. The van der Waals surface area contributed by atoms with E-state index in [0.29, 0.717) is 38.3 Å². The molecule has 0 fully saturated rings. The van der Waals surface area contributed by atoms with Crippen LogP contribution in [0.3, 0.4) is 0 Å². The molecule has 0 bridgehead atoms. The maximum absolute atomic E-state index is 5.99. The van der Waals surface area contributed by atoms with Crippen LogP contribution in [-0.4, -0.2) is 58.2 Å². The molecular formula is C29H46ClNO3. The largest absolute Gasteiger partial charge is 1.00 e. The second-order valence-electron chi connectivity index (χ2n) is 10.4. The molecule has 0 amide bonds. The van der Waals surface area contributed by atoms with Crippen LogP contribution >= 0.6 is 0 Å². The zero-order valence-corrected chi connectivity index (χ0v) is 22.9. The van der Waals surface area contributed by atoms with Gasteiger partial charge in [0.05, 0.1) is 40.5 Å². The van der Waals surface area contributed by atoms with Gasteiger partial charge in [0, 0.05) is 18.4 Å². The number of quaternary nitrogens is 1. The summed E-state index contributed by atoms with van der Waals surface area (Å²) in [7, 11) is 4.75. The molecule has 2 aromatic carbocycles. The van der Waals surface area contributed by atoms with Crippen molar-refractivity contribution in [2.24, 2.45) is 11.8 Å². The molecular weight excluding hydrogens is 446 g/mol. The summed E-state index contributed by atoms with van der Waals surface area (Å²) in [6.45, 7) is 13.4. The minimum atomic E-state index is 0.